The Morgan fingerprint density at radius 3 is 2.54 bits per heavy atom. The molecule has 3 aromatic rings. The molecule has 2 bridgehead atoms. The van der Waals surface area contributed by atoms with Crippen molar-refractivity contribution in [3.05, 3.63) is 83.6 Å². The lowest BCUT2D eigenvalue weighted by atomic mass is 9.67. The van der Waals surface area contributed by atoms with Gasteiger partial charge in [0.2, 0.25) is 0 Å². The van der Waals surface area contributed by atoms with Gasteiger partial charge in [-0.05, 0) is 34.9 Å². The Hall–Kier alpha value is -2.28. The van der Waals surface area contributed by atoms with Crippen LogP contribution in [0.3, 0.4) is 0 Å². The summed E-state index contributed by atoms with van der Waals surface area (Å²) in [6.07, 6.45) is 6.19. The van der Waals surface area contributed by atoms with Gasteiger partial charge in [0.1, 0.15) is 0 Å². The van der Waals surface area contributed by atoms with Gasteiger partial charge in [0, 0.05) is 29.1 Å². The molecule has 1 aromatic heterocycles. The molecule has 0 fully saturated rings. The van der Waals surface area contributed by atoms with E-state index >= 15 is 0 Å². The first kappa shape index (κ1) is 14.1. The van der Waals surface area contributed by atoms with Crippen LogP contribution in [0.2, 0.25) is 0 Å². The van der Waals surface area contributed by atoms with Crippen LogP contribution in [-0.2, 0) is 12.0 Å². The van der Waals surface area contributed by atoms with Gasteiger partial charge in [0.15, 0.2) is 0 Å². The second-order valence-corrected chi connectivity index (χ2v) is 7.90. The van der Waals surface area contributed by atoms with Crippen molar-refractivity contribution in [3.63, 3.8) is 0 Å². The average Bonchev–Trinajstić information content (AvgIpc) is 3.17. The fourth-order valence-electron chi connectivity index (χ4n) is 4.94. The van der Waals surface area contributed by atoms with Crippen molar-refractivity contribution in [3.8, 4) is 0 Å². The lowest BCUT2D eigenvalue weighted by Gasteiger charge is -2.37. The maximum Gasteiger partial charge on any atom is 0.0488 e. The molecule has 0 aliphatic heterocycles. The predicted octanol–water partition coefficient (Wildman–Crippen LogP) is 5.64. The molecule has 0 amide bonds. The first-order valence-corrected chi connectivity index (χ1v) is 9.00. The van der Waals surface area contributed by atoms with Gasteiger partial charge in [-0.3, -0.25) is 0 Å². The number of para-hydroxylation sites is 1. The molecule has 24 heavy (non-hydrogen) atoms. The number of hydrogen-bond donors (Lipinski definition) is 0. The second-order valence-electron chi connectivity index (χ2n) is 7.90. The Morgan fingerprint density at radius 2 is 1.71 bits per heavy atom. The molecule has 2 atom stereocenters. The maximum absolute atomic E-state index is 2.58. The molecule has 1 heterocycles. The quantitative estimate of drug-likeness (QED) is 0.539. The van der Waals surface area contributed by atoms with Crippen LogP contribution in [0, 0.1) is 5.92 Å². The van der Waals surface area contributed by atoms with E-state index in [4.69, 9.17) is 0 Å². The number of fused-ring (bicyclic) bond motifs is 6. The molecule has 120 valence electrons. The zero-order chi connectivity index (χ0) is 16.3. The molecular weight excluding hydrogens is 290 g/mol. The fourth-order valence-corrected chi connectivity index (χ4v) is 4.94. The average molecular weight is 313 g/mol. The number of rotatable bonds is 2. The van der Waals surface area contributed by atoms with Gasteiger partial charge in [-0.15, -0.1) is 0 Å². The second kappa shape index (κ2) is 4.86. The van der Waals surface area contributed by atoms with E-state index in [1.54, 1.807) is 11.3 Å². The van der Waals surface area contributed by atoms with Crippen LogP contribution in [0.15, 0.2) is 66.7 Å². The summed E-state index contributed by atoms with van der Waals surface area (Å²) in [5.41, 5.74) is 6.11. The number of aromatic nitrogens is 1. The Labute approximate surface area is 143 Å². The first-order valence-electron chi connectivity index (χ1n) is 9.00. The molecule has 2 aliphatic carbocycles. The van der Waals surface area contributed by atoms with Crippen LogP contribution in [0.4, 0.5) is 0 Å². The molecular formula is C23H23N. The highest BCUT2D eigenvalue weighted by molar-refractivity contribution is 5.88. The molecule has 0 saturated carbocycles. The predicted molar refractivity (Wildman–Crippen MR) is 100 cm³/mol. The topological polar surface area (TPSA) is 4.93 Å². The third-order valence-electron chi connectivity index (χ3n) is 6.20. The third kappa shape index (κ3) is 1.81. The van der Waals surface area contributed by atoms with Gasteiger partial charge < -0.3 is 4.57 Å². The van der Waals surface area contributed by atoms with E-state index in [2.05, 4.69) is 85.2 Å². The van der Waals surface area contributed by atoms with Gasteiger partial charge in [-0.25, -0.2) is 0 Å². The van der Waals surface area contributed by atoms with Crippen molar-refractivity contribution < 1.29 is 0 Å². The van der Waals surface area contributed by atoms with Crippen molar-refractivity contribution >= 4 is 10.9 Å². The zero-order valence-corrected chi connectivity index (χ0v) is 14.4. The lowest BCUT2D eigenvalue weighted by molar-refractivity contribution is 0.339. The van der Waals surface area contributed by atoms with Crippen LogP contribution in [-0.4, -0.2) is 4.57 Å². The van der Waals surface area contributed by atoms with Crippen molar-refractivity contribution in [2.24, 2.45) is 5.92 Å². The van der Waals surface area contributed by atoms with Crippen molar-refractivity contribution in [2.75, 3.05) is 0 Å². The molecule has 0 spiro atoms. The molecule has 0 radical (unpaired) electrons. The maximum atomic E-state index is 2.58. The fraction of sp³-hybridized carbons (Fsp3) is 0.304. The van der Waals surface area contributed by atoms with Gasteiger partial charge in [0.25, 0.3) is 0 Å². The Bertz CT molecular complexity index is 943. The SMILES string of the molecule is CC1(C)c2c(n(Cc3ccccc3)c3ccccc23)C2C=CC1C2. The van der Waals surface area contributed by atoms with Crippen LogP contribution in [0.1, 0.15) is 43.0 Å². The number of allylic oxidation sites excluding steroid dienone is 2. The normalized spacial score (nSPS) is 23.6. The minimum absolute atomic E-state index is 0.209. The third-order valence-corrected chi connectivity index (χ3v) is 6.20. The summed E-state index contributed by atoms with van der Waals surface area (Å²) in [5, 5.41) is 1.45. The smallest absolute Gasteiger partial charge is 0.0488 e. The van der Waals surface area contributed by atoms with Crippen molar-refractivity contribution in [1.29, 1.82) is 0 Å². The van der Waals surface area contributed by atoms with E-state index in [9.17, 15) is 0 Å². The van der Waals surface area contributed by atoms with E-state index in [0.717, 1.165) is 6.54 Å². The largest absolute Gasteiger partial charge is 0.339 e. The number of benzene rings is 2. The summed E-state index contributed by atoms with van der Waals surface area (Å²) in [6, 6.07) is 19.8. The van der Waals surface area contributed by atoms with E-state index in [1.165, 1.54) is 22.9 Å². The summed E-state index contributed by atoms with van der Waals surface area (Å²) >= 11 is 0. The molecule has 1 heteroatoms. The molecule has 2 aromatic carbocycles. The van der Waals surface area contributed by atoms with Gasteiger partial charge in [-0.2, -0.15) is 0 Å². The summed E-state index contributed by atoms with van der Waals surface area (Å²) in [4.78, 5) is 0. The zero-order valence-electron chi connectivity index (χ0n) is 14.4. The highest BCUT2D eigenvalue weighted by Crippen LogP contribution is 2.54. The van der Waals surface area contributed by atoms with E-state index < -0.39 is 0 Å². The van der Waals surface area contributed by atoms with Gasteiger partial charge in [-0.1, -0.05) is 74.5 Å². The monoisotopic (exact) mass is 313 g/mol. The van der Waals surface area contributed by atoms with Gasteiger partial charge in [0.05, 0.1) is 0 Å². The Balaban J connectivity index is 1.80. The van der Waals surface area contributed by atoms with Crippen LogP contribution < -0.4 is 0 Å². The van der Waals surface area contributed by atoms with Crippen molar-refractivity contribution in [2.45, 2.75) is 38.1 Å². The Kier molecular flexibility index (Phi) is 2.85. The first-order chi connectivity index (χ1) is 11.7. The van der Waals surface area contributed by atoms with Crippen molar-refractivity contribution in [1.82, 2.24) is 4.57 Å². The van der Waals surface area contributed by atoms with E-state index in [-0.39, 0.29) is 5.41 Å². The molecule has 0 saturated heterocycles. The number of hydrogen-bond acceptors (Lipinski definition) is 0. The molecule has 2 unspecified atom stereocenters. The Morgan fingerprint density at radius 1 is 0.958 bits per heavy atom. The molecule has 2 aliphatic rings. The molecule has 5 rings (SSSR count). The van der Waals surface area contributed by atoms with Crippen LogP contribution in [0.25, 0.3) is 10.9 Å². The van der Waals surface area contributed by atoms with E-state index in [1.807, 2.05) is 0 Å². The van der Waals surface area contributed by atoms with Gasteiger partial charge >= 0.3 is 0 Å². The highest BCUT2D eigenvalue weighted by atomic mass is 15.0. The van der Waals surface area contributed by atoms with Crippen LogP contribution in [0.5, 0.6) is 0 Å². The van der Waals surface area contributed by atoms with E-state index in [0.29, 0.717) is 11.8 Å². The summed E-state index contributed by atoms with van der Waals surface area (Å²) in [7, 11) is 0. The highest BCUT2D eigenvalue weighted by Gasteiger charge is 2.45. The summed E-state index contributed by atoms with van der Waals surface area (Å²) in [5.74, 6) is 1.25. The molecule has 1 nitrogen and oxygen atoms in total. The number of nitrogens with zero attached hydrogens (tertiary/aromatic N) is 1. The van der Waals surface area contributed by atoms with Crippen LogP contribution >= 0.6 is 0 Å². The minimum Gasteiger partial charge on any atom is -0.339 e. The minimum atomic E-state index is 0.209. The lowest BCUT2D eigenvalue weighted by Crippen LogP contribution is -2.32. The standard InChI is InChI=1S/C23H23N/c1-23(2)18-13-12-17(14-18)22-21(23)19-10-6-7-11-20(19)24(22)15-16-8-4-3-5-9-16/h3-13,17-18H,14-15H2,1-2H3. The summed E-state index contributed by atoms with van der Waals surface area (Å²) < 4.78 is 2.58. The molecule has 0 N–H and O–H groups in total. The summed E-state index contributed by atoms with van der Waals surface area (Å²) in [6.45, 7) is 5.82.